The molecule has 1 fully saturated rings. The van der Waals surface area contributed by atoms with E-state index in [0.29, 0.717) is 0 Å². The zero-order valence-electron chi connectivity index (χ0n) is 16.7. The van der Waals surface area contributed by atoms with Crippen LogP contribution < -0.4 is 10.6 Å². The number of guanidine groups is 1. The Morgan fingerprint density at radius 1 is 1.23 bits per heavy atom. The van der Waals surface area contributed by atoms with Crippen molar-refractivity contribution in [3.8, 4) is 0 Å². The second-order valence-corrected chi connectivity index (χ2v) is 7.09. The summed E-state index contributed by atoms with van der Waals surface area (Å²) >= 11 is 0. The van der Waals surface area contributed by atoms with E-state index >= 15 is 0 Å². The number of halogens is 1. The molecule has 7 nitrogen and oxygen atoms in total. The minimum atomic E-state index is 0. The molecule has 1 saturated heterocycles. The number of morpholine rings is 1. The first kappa shape index (κ1) is 23.2. The lowest BCUT2D eigenvalue weighted by Crippen LogP contribution is -2.52. The molecule has 0 radical (unpaired) electrons. The van der Waals surface area contributed by atoms with E-state index < -0.39 is 0 Å². The van der Waals surface area contributed by atoms with Crippen LogP contribution in [0.3, 0.4) is 0 Å². The Morgan fingerprint density at radius 2 is 1.92 bits per heavy atom. The number of hydrogen-bond acceptors (Lipinski definition) is 5. The summed E-state index contributed by atoms with van der Waals surface area (Å²) in [6, 6.07) is 0. The van der Waals surface area contributed by atoms with Crippen LogP contribution in [0.25, 0.3) is 0 Å². The minimum Gasteiger partial charge on any atom is -0.379 e. The van der Waals surface area contributed by atoms with Gasteiger partial charge in [0.1, 0.15) is 5.76 Å². The first-order valence-corrected chi connectivity index (χ1v) is 9.20. The molecule has 0 aromatic carbocycles. The molecule has 1 aromatic heterocycles. The highest BCUT2D eigenvalue weighted by Crippen LogP contribution is 2.16. The van der Waals surface area contributed by atoms with Crippen LogP contribution in [-0.2, 0) is 11.2 Å². The van der Waals surface area contributed by atoms with E-state index in [-0.39, 0.29) is 29.5 Å². The van der Waals surface area contributed by atoms with Gasteiger partial charge in [0.05, 0.1) is 25.5 Å². The monoisotopic (exact) mass is 479 g/mol. The van der Waals surface area contributed by atoms with E-state index in [1.54, 1.807) is 0 Å². The maximum absolute atomic E-state index is 5.45. The minimum absolute atomic E-state index is 0. The first-order chi connectivity index (χ1) is 11.9. The summed E-state index contributed by atoms with van der Waals surface area (Å²) in [7, 11) is 0. The van der Waals surface area contributed by atoms with E-state index in [4.69, 9.17) is 14.3 Å². The van der Waals surface area contributed by atoms with Crippen LogP contribution in [0.5, 0.6) is 0 Å². The second kappa shape index (κ2) is 11.1. The molecule has 0 atom stereocenters. The Labute approximate surface area is 174 Å². The van der Waals surface area contributed by atoms with Crippen LogP contribution in [0.1, 0.15) is 37.8 Å². The lowest BCUT2D eigenvalue weighted by molar-refractivity contribution is -0.00683. The lowest BCUT2D eigenvalue weighted by atomic mass is 10.0. The van der Waals surface area contributed by atoms with Crippen molar-refractivity contribution in [2.45, 2.75) is 46.6 Å². The standard InChI is InChI=1S/C18H33N5O2.HI/c1-6-19-17(20-8-7-16-14(2)22-25-15(16)3)21-13-18(4,5)23-9-11-24-12-10-23;/h6-13H2,1-5H3,(H2,19,20,21);1H. The normalized spacial score (nSPS) is 16.3. The van der Waals surface area contributed by atoms with Gasteiger partial charge in [-0.25, -0.2) is 0 Å². The molecule has 26 heavy (non-hydrogen) atoms. The number of nitrogens with zero attached hydrogens (tertiary/aromatic N) is 3. The van der Waals surface area contributed by atoms with Crippen molar-refractivity contribution in [2.75, 3.05) is 45.9 Å². The van der Waals surface area contributed by atoms with Gasteiger partial charge in [0.2, 0.25) is 0 Å². The topological polar surface area (TPSA) is 74.9 Å². The lowest BCUT2D eigenvalue weighted by Gasteiger charge is -2.39. The van der Waals surface area contributed by atoms with E-state index in [9.17, 15) is 0 Å². The van der Waals surface area contributed by atoms with Crippen molar-refractivity contribution in [3.63, 3.8) is 0 Å². The predicted molar refractivity (Wildman–Crippen MR) is 116 cm³/mol. The summed E-state index contributed by atoms with van der Waals surface area (Å²) in [6.07, 6.45) is 0.873. The largest absolute Gasteiger partial charge is 0.379 e. The fraction of sp³-hybridized carbons (Fsp3) is 0.778. The number of rotatable bonds is 7. The molecule has 150 valence electrons. The van der Waals surface area contributed by atoms with Crippen molar-refractivity contribution >= 4 is 29.9 Å². The molecule has 0 amide bonds. The smallest absolute Gasteiger partial charge is 0.191 e. The van der Waals surface area contributed by atoms with E-state index in [1.165, 1.54) is 5.56 Å². The van der Waals surface area contributed by atoms with Gasteiger partial charge in [-0.15, -0.1) is 24.0 Å². The Bertz CT molecular complexity index is 548. The van der Waals surface area contributed by atoms with Crippen LogP contribution >= 0.6 is 24.0 Å². The fourth-order valence-electron chi connectivity index (χ4n) is 3.05. The van der Waals surface area contributed by atoms with E-state index in [2.05, 4.69) is 41.5 Å². The molecule has 2 rings (SSSR count). The number of ether oxygens (including phenoxy) is 1. The van der Waals surface area contributed by atoms with Crippen molar-refractivity contribution in [2.24, 2.45) is 4.99 Å². The fourth-order valence-corrected chi connectivity index (χ4v) is 3.05. The third-order valence-electron chi connectivity index (χ3n) is 4.68. The summed E-state index contributed by atoms with van der Waals surface area (Å²) < 4.78 is 10.7. The SMILES string of the molecule is CCNC(=NCC(C)(C)N1CCOCC1)NCCc1c(C)noc1C.I. The maximum atomic E-state index is 5.45. The molecule has 2 N–H and O–H groups in total. The third-order valence-corrected chi connectivity index (χ3v) is 4.68. The van der Waals surface area contributed by atoms with Gasteiger partial charge in [-0.05, 0) is 41.0 Å². The number of aromatic nitrogens is 1. The Balaban J connectivity index is 0.00000338. The summed E-state index contributed by atoms with van der Waals surface area (Å²) in [6.45, 7) is 16.5. The Kier molecular flexibility index (Phi) is 9.88. The number of aliphatic imine (C=N–C) groups is 1. The Morgan fingerprint density at radius 3 is 2.50 bits per heavy atom. The van der Waals surface area contributed by atoms with Crippen LogP contribution in [-0.4, -0.2) is 67.5 Å². The molecule has 2 heterocycles. The van der Waals surface area contributed by atoms with Gasteiger partial charge in [0.25, 0.3) is 0 Å². The van der Waals surface area contributed by atoms with Gasteiger partial charge in [-0.1, -0.05) is 5.16 Å². The van der Waals surface area contributed by atoms with Crippen molar-refractivity contribution in [1.29, 1.82) is 0 Å². The maximum Gasteiger partial charge on any atom is 0.191 e. The quantitative estimate of drug-likeness (QED) is 0.355. The van der Waals surface area contributed by atoms with Crippen LogP contribution in [0.2, 0.25) is 0 Å². The second-order valence-electron chi connectivity index (χ2n) is 7.09. The first-order valence-electron chi connectivity index (χ1n) is 9.20. The summed E-state index contributed by atoms with van der Waals surface area (Å²) in [5, 5.41) is 10.7. The van der Waals surface area contributed by atoms with Gasteiger partial charge in [0, 0.05) is 37.3 Å². The molecule has 0 bridgehead atoms. The van der Waals surface area contributed by atoms with Crippen LogP contribution in [0.4, 0.5) is 0 Å². The van der Waals surface area contributed by atoms with Gasteiger partial charge in [0.15, 0.2) is 5.96 Å². The zero-order valence-corrected chi connectivity index (χ0v) is 19.1. The Hall–Kier alpha value is -0.870. The average Bonchev–Trinajstić information content (AvgIpc) is 2.92. The molecule has 0 saturated carbocycles. The molecule has 0 aliphatic carbocycles. The highest BCUT2D eigenvalue weighted by atomic mass is 127. The molecule has 1 aliphatic rings. The summed E-state index contributed by atoms with van der Waals surface area (Å²) in [5.74, 6) is 1.75. The third kappa shape index (κ3) is 6.70. The molecule has 1 aliphatic heterocycles. The van der Waals surface area contributed by atoms with Crippen molar-refractivity contribution in [3.05, 3.63) is 17.0 Å². The zero-order chi connectivity index (χ0) is 18.3. The van der Waals surface area contributed by atoms with Crippen molar-refractivity contribution in [1.82, 2.24) is 20.7 Å². The van der Waals surface area contributed by atoms with Gasteiger partial charge in [-0.2, -0.15) is 0 Å². The van der Waals surface area contributed by atoms with Gasteiger partial charge in [-0.3, -0.25) is 9.89 Å². The average molecular weight is 479 g/mol. The molecule has 0 unspecified atom stereocenters. The molecular formula is C18H34IN5O2. The van der Waals surface area contributed by atoms with Gasteiger partial charge < -0.3 is 19.9 Å². The predicted octanol–water partition coefficient (Wildman–Crippen LogP) is 2.12. The highest BCUT2D eigenvalue weighted by molar-refractivity contribution is 14.0. The molecular weight excluding hydrogens is 445 g/mol. The number of hydrogen-bond donors (Lipinski definition) is 2. The van der Waals surface area contributed by atoms with E-state index in [0.717, 1.165) is 69.8 Å². The number of nitrogens with one attached hydrogen (secondary N) is 2. The van der Waals surface area contributed by atoms with Crippen molar-refractivity contribution < 1.29 is 9.26 Å². The molecule has 8 heteroatoms. The summed E-state index contributed by atoms with van der Waals surface area (Å²) in [4.78, 5) is 7.25. The molecule has 1 aromatic rings. The van der Waals surface area contributed by atoms with E-state index in [1.807, 2.05) is 13.8 Å². The van der Waals surface area contributed by atoms with Gasteiger partial charge >= 0.3 is 0 Å². The summed E-state index contributed by atoms with van der Waals surface area (Å²) in [5.41, 5.74) is 2.17. The highest BCUT2D eigenvalue weighted by Gasteiger charge is 2.28. The molecule has 0 spiro atoms. The van der Waals surface area contributed by atoms with Crippen LogP contribution in [0.15, 0.2) is 9.52 Å². The van der Waals surface area contributed by atoms with Crippen LogP contribution in [0, 0.1) is 13.8 Å². The number of aryl methyl sites for hydroxylation is 2.